The molecule has 0 radical (unpaired) electrons. The van der Waals surface area contributed by atoms with Gasteiger partial charge < -0.3 is 10.6 Å². The molecule has 15 heavy (non-hydrogen) atoms. The van der Waals surface area contributed by atoms with Gasteiger partial charge in [0, 0.05) is 18.8 Å². The molecule has 1 aromatic rings. The third-order valence-electron chi connectivity index (χ3n) is 2.64. The van der Waals surface area contributed by atoms with Crippen LogP contribution in [0.1, 0.15) is 11.1 Å². The van der Waals surface area contributed by atoms with Crippen LogP contribution >= 0.6 is 0 Å². The van der Waals surface area contributed by atoms with E-state index in [0.717, 1.165) is 18.8 Å². The first-order valence-corrected chi connectivity index (χ1v) is 5.25. The van der Waals surface area contributed by atoms with E-state index in [9.17, 15) is 4.79 Å². The summed E-state index contributed by atoms with van der Waals surface area (Å²) in [6, 6.07) is 6.09. The lowest BCUT2D eigenvalue weighted by molar-refractivity contribution is -0.121. The Balaban J connectivity index is 2.06. The first-order valence-electron chi connectivity index (χ1n) is 5.25. The second-order valence-electron chi connectivity index (χ2n) is 4.22. The number of amides is 1. The molecule has 3 heteroatoms. The van der Waals surface area contributed by atoms with Crippen molar-refractivity contribution in [3.63, 3.8) is 0 Å². The molecule has 0 unspecified atom stereocenters. The Morgan fingerprint density at radius 2 is 1.87 bits per heavy atom. The van der Waals surface area contributed by atoms with Gasteiger partial charge in [-0.1, -0.05) is 6.07 Å². The smallest absolute Gasteiger partial charge is 0.230 e. The summed E-state index contributed by atoms with van der Waals surface area (Å²) in [5.41, 5.74) is 3.26. The standard InChI is InChI=1S/C12H16N2O/c1-8-3-9(2)5-11(4-8)14-12(15)10-6-13-7-10/h3-5,10,13H,6-7H2,1-2H3,(H,14,15). The number of hydrogen-bond donors (Lipinski definition) is 2. The lowest BCUT2D eigenvalue weighted by atomic mass is 10.0. The van der Waals surface area contributed by atoms with Crippen LogP contribution in [-0.4, -0.2) is 19.0 Å². The zero-order chi connectivity index (χ0) is 10.8. The molecule has 2 rings (SSSR count). The maximum Gasteiger partial charge on any atom is 0.230 e. The first kappa shape index (κ1) is 10.2. The van der Waals surface area contributed by atoms with E-state index in [1.807, 2.05) is 26.0 Å². The number of benzene rings is 1. The Morgan fingerprint density at radius 3 is 2.33 bits per heavy atom. The normalized spacial score (nSPS) is 15.9. The van der Waals surface area contributed by atoms with Gasteiger partial charge in [0.05, 0.1) is 5.92 Å². The van der Waals surface area contributed by atoms with Crippen molar-refractivity contribution < 1.29 is 4.79 Å². The summed E-state index contributed by atoms with van der Waals surface area (Å²) in [4.78, 5) is 11.7. The molecule has 1 aromatic carbocycles. The molecular weight excluding hydrogens is 188 g/mol. The van der Waals surface area contributed by atoms with Crippen molar-refractivity contribution in [2.24, 2.45) is 5.92 Å². The van der Waals surface area contributed by atoms with Crippen molar-refractivity contribution >= 4 is 11.6 Å². The highest BCUT2D eigenvalue weighted by Crippen LogP contribution is 2.15. The van der Waals surface area contributed by atoms with Gasteiger partial charge in [0.1, 0.15) is 0 Å². The summed E-state index contributed by atoms with van der Waals surface area (Å²) in [5, 5.41) is 6.04. The Morgan fingerprint density at radius 1 is 1.27 bits per heavy atom. The minimum absolute atomic E-state index is 0.124. The molecule has 2 N–H and O–H groups in total. The topological polar surface area (TPSA) is 41.1 Å². The van der Waals surface area contributed by atoms with E-state index in [-0.39, 0.29) is 11.8 Å². The van der Waals surface area contributed by atoms with Gasteiger partial charge in [-0.2, -0.15) is 0 Å². The molecule has 1 fully saturated rings. The fraction of sp³-hybridized carbons (Fsp3) is 0.417. The molecule has 0 atom stereocenters. The molecule has 0 saturated carbocycles. The number of carbonyl (C=O) groups is 1. The van der Waals surface area contributed by atoms with E-state index >= 15 is 0 Å². The lowest BCUT2D eigenvalue weighted by Gasteiger charge is -2.25. The van der Waals surface area contributed by atoms with Crippen LogP contribution in [0.2, 0.25) is 0 Å². The minimum Gasteiger partial charge on any atom is -0.326 e. The molecule has 0 spiro atoms. The molecule has 1 aliphatic rings. The fourth-order valence-corrected chi connectivity index (χ4v) is 1.77. The summed E-state index contributed by atoms with van der Waals surface area (Å²) in [5.74, 6) is 0.268. The second-order valence-corrected chi connectivity index (χ2v) is 4.22. The van der Waals surface area contributed by atoms with Gasteiger partial charge in [0.15, 0.2) is 0 Å². The summed E-state index contributed by atoms with van der Waals surface area (Å²) >= 11 is 0. The summed E-state index contributed by atoms with van der Waals surface area (Å²) in [7, 11) is 0. The molecule has 0 bridgehead atoms. The molecule has 3 nitrogen and oxygen atoms in total. The third-order valence-corrected chi connectivity index (χ3v) is 2.64. The van der Waals surface area contributed by atoms with Gasteiger partial charge >= 0.3 is 0 Å². The van der Waals surface area contributed by atoms with Crippen molar-refractivity contribution in [3.05, 3.63) is 29.3 Å². The van der Waals surface area contributed by atoms with E-state index in [4.69, 9.17) is 0 Å². The maximum atomic E-state index is 11.7. The minimum atomic E-state index is 0.124. The Bertz CT molecular complexity index is 363. The number of rotatable bonds is 2. The van der Waals surface area contributed by atoms with Gasteiger partial charge in [-0.05, 0) is 37.1 Å². The third kappa shape index (κ3) is 2.36. The number of nitrogens with one attached hydrogen (secondary N) is 2. The predicted molar refractivity (Wildman–Crippen MR) is 60.9 cm³/mol. The van der Waals surface area contributed by atoms with Crippen molar-refractivity contribution in [2.75, 3.05) is 18.4 Å². The Labute approximate surface area is 89.9 Å². The van der Waals surface area contributed by atoms with Gasteiger partial charge in [-0.25, -0.2) is 0 Å². The number of anilines is 1. The van der Waals surface area contributed by atoms with Crippen molar-refractivity contribution in [2.45, 2.75) is 13.8 Å². The van der Waals surface area contributed by atoms with E-state index in [2.05, 4.69) is 16.7 Å². The number of carbonyl (C=O) groups excluding carboxylic acids is 1. The van der Waals surface area contributed by atoms with Crippen LogP contribution in [0.4, 0.5) is 5.69 Å². The summed E-state index contributed by atoms with van der Waals surface area (Å²) in [6.07, 6.45) is 0. The molecule has 1 heterocycles. The highest BCUT2D eigenvalue weighted by molar-refractivity contribution is 5.93. The zero-order valence-electron chi connectivity index (χ0n) is 9.13. The largest absolute Gasteiger partial charge is 0.326 e. The molecule has 80 valence electrons. The first-order chi connectivity index (χ1) is 7.15. The number of hydrogen-bond acceptors (Lipinski definition) is 2. The second kappa shape index (κ2) is 4.03. The average Bonchev–Trinajstić information content (AvgIpc) is 1.96. The highest BCUT2D eigenvalue weighted by atomic mass is 16.2. The van der Waals surface area contributed by atoms with Gasteiger partial charge in [0.2, 0.25) is 5.91 Å². The maximum absolute atomic E-state index is 11.7. The zero-order valence-corrected chi connectivity index (χ0v) is 9.13. The fourth-order valence-electron chi connectivity index (χ4n) is 1.77. The summed E-state index contributed by atoms with van der Waals surface area (Å²) < 4.78 is 0. The van der Waals surface area contributed by atoms with Crippen LogP contribution in [0.25, 0.3) is 0 Å². The SMILES string of the molecule is Cc1cc(C)cc(NC(=O)C2CNC2)c1. The summed E-state index contributed by atoms with van der Waals surface area (Å²) in [6.45, 7) is 5.67. The van der Waals surface area contributed by atoms with E-state index < -0.39 is 0 Å². The molecule has 1 amide bonds. The van der Waals surface area contributed by atoms with Gasteiger partial charge in [0.25, 0.3) is 0 Å². The van der Waals surface area contributed by atoms with Crippen LogP contribution in [0.5, 0.6) is 0 Å². The van der Waals surface area contributed by atoms with Crippen LogP contribution in [0, 0.1) is 19.8 Å². The average molecular weight is 204 g/mol. The highest BCUT2D eigenvalue weighted by Gasteiger charge is 2.24. The van der Waals surface area contributed by atoms with Crippen molar-refractivity contribution in [1.29, 1.82) is 0 Å². The van der Waals surface area contributed by atoms with Gasteiger partial charge in [-0.15, -0.1) is 0 Å². The lowest BCUT2D eigenvalue weighted by Crippen LogP contribution is -2.48. The van der Waals surface area contributed by atoms with Crippen molar-refractivity contribution in [3.8, 4) is 0 Å². The predicted octanol–water partition coefficient (Wildman–Crippen LogP) is 1.46. The van der Waals surface area contributed by atoms with Crippen LogP contribution in [0.3, 0.4) is 0 Å². The van der Waals surface area contributed by atoms with Crippen LogP contribution < -0.4 is 10.6 Å². The monoisotopic (exact) mass is 204 g/mol. The number of aryl methyl sites for hydroxylation is 2. The van der Waals surface area contributed by atoms with Gasteiger partial charge in [-0.3, -0.25) is 4.79 Å². The molecule has 1 saturated heterocycles. The Kier molecular flexibility index (Phi) is 2.73. The van der Waals surface area contributed by atoms with E-state index in [1.54, 1.807) is 0 Å². The quantitative estimate of drug-likeness (QED) is 0.765. The molecule has 1 aliphatic heterocycles. The van der Waals surface area contributed by atoms with Crippen molar-refractivity contribution in [1.82, 2.24) is 5.32 Å². The molecule has 0 aliphatic carbocycles. The molecular formula is C12H16N2O. The van der Waals surface area contributed by atoms with Crippen LogP contribution in [-0.2, 0) is 4.79 Å². The Hall–Kier alpha value is -1.35. The molecule has 0 aromatic heterocycles. The van der Waals surface area contributed by atoms with E-state index in [0.29, 0.717) is 0 Å². The van der Waals surface area contributed by atoms with Crippen LogP contribution in [0.15, 0.2) is 18.2 Å². The van der Waals surface area contributed by atoms with E-state index in [1.165, 1.54) is 11.1 Å².